The Morgan fingerprint density at radius 3 is 2.57 bits per heavy atom. The summed E-state index contributed by atoms with van der Waals surface area (Å²) in [4.78, 5) is 26.0. The number of carbonyl (C=O) groups excluding carboxylic acids is 2. The van der Waals surface area contributed by atoms with Gasteiger partial charge < -0.3 is 10.2 Å². The summed E-state index contributed by atoms with van der Waals surface area (Å²) in [5.74, 6) is 0.768. The van der Waals surface area contributed by atoms with E-state index in [0.29, 0.717) is 31.8 Å². The van der Waals surface area contributed by atoms with Crippen LogP contribution < -0.4 is 5.32 Å². The van der Waals surface area contributed by atoms with Gasteiger partial charge in [0.2, 0.25) is 11.8 Å². The van der Waals surface area contributed by atoms with Gasteiger partial charge in [-0.05, 0) is 37.7 Å². The van der Waals surface area contributed by atoms with Crippen molar-refractivity contribution in [2.75, 3.05) is 19.6 Å². The molecule has 1 saturated heterocycles. The minimum atomic E-state index is -0.648. The molecule has 3 rings (SSSR count). The first-order valence-electron chi connectivity index (χ1n) is 7.66. The minimum absolute atomic E-state index is 0.0429. The van der Waals surface area contributed by atoms with Crippen LogP contribution in [0.25, 0.3) is 0 Å². The molecule has 1 N–H and O–H groups in total. The molecular weight excluding hydrogens is 268 g/mol. The van der Waals surface area contributed by atoms with Crippen LogP contribution in [0.3, 0.4) is 0 Å². The normalized spacial score (nSPS) is 21.1. The third-order valence-electron chi connectivity index (χ3n) is 4.65. The number of likely N-dealkylation sites (tertiary alicyclic amines) is 1. The van der Waals surface area contributed by atoms with Crippen LogP contribution in [0, 0.1) is 5.92 Å². The molecule has 0 spiro atoms. The second-order valence-corrected chi connectivity index (χ2v) is 6.14. The van der Waals surface area contributed by atoms with Crippen LogP contribution in [0.5, 0.6) is 0 Å². The van der Waals surface area contributed by atoms with E-state index < -0.39 is 5.54 Å². The fourth-order valence-electron chi connectivity index (χ4n) is 3.00. The molecule has 1 aliphatic carbocycles. The van der Waals surface area contributed by atoms with E-state index in [1.54, 1.807) is 22.7 Å². The third-order valence-corrected chi connectivity index (χ3v) is 4.65. The van der Waals surface area contributed by atoms with E-state index in [2.05, 4.69) is 10.4 Å². The molecule has 0 atom stereocenters. The number of piperidine rings is 1. The monoisotopic (exact) mass is 290 g/mol. The van der Waals surface area contributed by atoms with E-state index in [9.17, 15) is 9.59 Å². The predicted molar refractivity (Wildman–Crippen MR) is 77.4 cm³/mol. The zero-order valence-electron chi connectivity index (χ0n) is 12.4. The first-order chi connectivity index (χ1) is 10.1. The molecule has 2 amide bonds. The number of nitrogens with one attached hydrogen (secondary N) is 1. The van der Waals surface area contributed by atoms with Gasteiger partial charge >= 0.3 is 0 Å². The van der Waals surface area contributed by atoms with Gasteiger partial charge in [-0.2, -0.15) is 5.10 Å². The highest BCUT2D eigenvalue weighted by Crippen LogP contribution is 2.32. The summed E-state index contributed by atoms with van der Waals surface area (Å²) in [5.41, 5.74) is -0.648. The molecule has 6 heteroatoms. The van der Waals surface area contributed by atoms with Crippen molar-refractivity contribution in [3.8, 4) is 0 Å². The largest absolute Gasteiger partial charge is 0.354 e. The number of hydrogen-bond donors (Lipinski definition) is 1. The van der Waals surface area contributed by atoms with Crippen molar-refractivity contribution < 1.29 is 9.59 Å². The Balaban J connectivity index is 1.75. The first-order valence-corrected chi connectivity index (χ1v) is 7.66. The molecule has 1 aromatic heterocycles. The van der Waals surface area contributed by atoms with E-state index in [1.165, 1.54) is 12.8 Å². The van der Waals surface area contributed by atoms with Gasteiger partial charge in [0.05, 0.1) is 0 Å². The number of aromatic nitrogens is 2. The number of carbonyl (C=O) groups is 2. The highest BCUT2D eigenvalue weighted by atomic mass is 16.2. The molecule has 21 heavy (non-hydrogen) atoms. The molecule has 1 saturated carbocycles. The fraction of sp³-hybridized carbons (Fsp3) is 0.667. The van der Waals surface area contributed by atoms with Crippen LogP contribution >= 0.6 is 0 Å². The SMILES string of the molecule is CC(=O)N1CCC(C(=O)NCC2CC2)(n2cccn2)CC1. The Morgan fingerprint density at radius 1 is 1.33 bits per heavy atom. The third kappa shape index (κ3) is 2.80. The summed E-state index contributed by atoms with van der Waals surface area (Å²) in [6, 6.07) is 1.84. The number of amides is 2. The van der Waals surface area contributed by atoms with Gasteiger partial charge in [0.25, 0.3) is 0 Å². The second-order valence-electron chi connectivity index (χ2n) is 6.14. The van der Waals surface area contributed by atoms with Crippen molar-refractivity contribution in [3.63, 3.8) is 0 Å². The van der Waals surface area contributed by atoms with Gasteiger partial charge in [0.1, 0.15) is 5.54 Å². The molecule has 0 unspecified atom stereocenters. The highest BCUT2D eigenvalue weighted by molar-refractivity contribution is 5.85. The van der Waals surface area contributed by atoms with Crippen LogP contribution in [0.1, 0.15) is 32.6 Å². The Bertz CT molecular complexity index is 514. The topological polar surface area (TPSA) is 67.2 Å². The van der Waals surface area contributed by atoms with Crippen LogP contribution in [-0.2, 0) is 15.1 Å². The van der Waals surface area contributed by atoms with Gasteiger partial charge in [0.15, 0.2) is 0 Å². The molecule has 1 aromatic rings. The molecule has 0 aromatic carbocycles. The molecule has 114 valence electrons. The predicted octanol–water partition coefficient (Wildman–Crippen LogP) is 0.747. The maximum absolute atomic E-state index is 12.8. The summed E-state index contributed by atoms with van der Waals surface area (Å²) < 4.78 is 1.77. The zero-order chi connectivity index (χ0) is 14.9. The highest BCUT2D eigenvalue weighted by Gasteiger charge is 2.44. The number of rotatable bonds is 4. The van der Waals surface area contributed by atoms with Gasteiger partial charge in [-0.25, -0.2) is 0 Å². The first kappa shape index (κ1) is 14.1. The molecule has 0 bridgehead atoms. The van der Waals surface area contributed by atoms with E-state index >= 15 is 0 Å². The van der Waals surface area contributed by atoms with Gasteiger partial charge in [0, 0.05) is 39.0 Å². The van der Waals surface area contributed by atoms with Crippen LogP contribution in [0.15, 0.2) is 18.5 Å². The maximum atomic E-state index is 12.8. The van der Waals surface area contributed by atoms with Crippen LogP contribution in [0.2, 0.25) is 0 Å². The summed E-state index contributed by atoms with van der Waals surface area (Å²) >= 11 is 0. The summed E-state index contributed by atoms with van der Waals surface area (Å²) in [6.07, 6.45) is 7.21. The van der Waals surface area contributed by atoms with Gasteiger partial charge in [-0.3, -0.25) is 14.3 Å². The lowest BCUT2D eigenvalue weighted by molar-refractivity contribution is -0.139. The molecule has 0 radical (unpaired) electrons. The quantitative estimate of drug-likeness (QED) is 0.889. The second kappa shape index (κ2) is 5.50. The van der Waals surface area contributed by atoms with E-state index in [-0.39, 0.29) is 11.8 Å². The van der Waals surface area contributed by atoms with E-state index in [1.807, 2.05) is 12.3 Å². The smallest absolute Gasteiger partial charge is 0.248 e. The Hall–Kier alpha value is -1.85. The van der Waals surface area contributed by atoms with Crippen LogP contribution in [-0.4, -0.2) is 46.1 Å². The fourth-order valence-corrected chi connectivity index (χ4v) is 3.00. The molecule has 6 nitrogen and oxygen atoms in total. The van der Waals surface area contributed by atoms with E-state index in [0.717, 1.165) is 6.54 Å². The lowest BCUT2D eigenvalue weighted by Crippen LogP contribution is -2.56. The molecule has 2 aliphatic rings. The van der Waals surface area contributed by atoms with Crippen molar-refractivity contribution in [1.82, 2.24) is 20.0 Å². The average molecular weight is 290 g/mol. The molecule has 1 aliphatic heterocycles. The van der Waals surface area contributed by atoms with Crippen LogP contribution in [0.4, 0.5) is 0 Å². The van der Waals surface area contributed by atoms with Crippen molar-refractivity contribution >= 4 is 11.8 Å². The molecule has 2 heterocycles. The van der Waals surface area contributed by atoms with Gasteiger partial charge in [-0.1, -0.05) is 0 Å². The van der Waals surface area contributed by atoms with Crippen molar-refractivity contribution in [1.29, 1.82) is 0 Å². The van der Waals surface area contributed by atoms with Crippen molar-refractivity contribution in [2.45, 2.75) is 38.1 Å². The number of nitrogens with zero attached hydrogens (tertiary/aromatic N) is 3. The Morgan fingerprint density at radius 2 is 2.05 bits per heavy atom. The Kier molecular flexibility index (Phi) is 3.69. The zero-order valence-corrected chi connectivity index (χ0v) is 12.4. The number of hydrogen-bond acceptors (Lipinski definition) is 3. The van der Waals surface area contributed by atoms with E-state index in [4.69, 9.17) is 0 Å². The minimum Gasteiger partial charge on any atom is -0.354 e. The van der Waals surface area contributed by atoms with Gasteiger partial charge in [-0.15, -0.1) is 0 Å². The average Bonchev–Trinajstić information content (AvgIpc) is 3.15. The lowest BCUT2D eigenvalue weighted by atomic mass is 9.86. The summed E-state index contributed by atoms with van der Waals surface area (Å²) in [5, 5.41) is 7.38. The standard InChI is InChI=1S/C15H22N4O2/c1-12(20)18-9-5-15(6-10-18,19-8-2-7-17-19)14(21)16-11-13-3-4-13/h2,7-8,13H,3-6,9-11H2,1H3,(H,16,21). The lowest BCUT2D eigenvalue weighted by Gasteiger charge is -2.40. The molecular formula is C15H22N4O2. The summed E-state index contributed by atoms with van der Waals surface area (Å²) in [7, 11) is 0. The summed E-state index contributed by atoms with van der Waals surface area (Å²) in [6.45, 7) is 3.55. The maximum Gasteiger partial charge on any atom is 0.248 e. The van der Waals surface area contributed by atoms with Crippen molar-refractivity contribution in [3.05, 3.63) is 18.5 Å². The molecule has 2 fully saturated rings. The Labute approximate surface area is 124 Å². The van der Waals surface area contributed by atoms with Crippen molar-refractivity contribution in [2.24, 2.45) is 5.92 Å².